The fourth-order valence-corrected chi connectivity index (χ4v) is 1.29. The zero-order valence-electron chi connectivity index (χ0n) is 8.44. The van der Waals surface area contributed by atoms with Gasteiger partial charge < -0.3 is 12.4 Å². The molecule has 1 aromatic rings. The van der Waals surface area contributed by atoms with Crippen LogP contribution in [0, 0.1) is 6.42 Å². The predicted molar refractivity (Wildman–Crippen MR) is 62.8 cm³/mol. The SMILES string of the molecule is C1=C[CH-]/C(=C/c2ccccc2)C=C1.[Cl-].[Mg+2]. The van der Waals surface area contributed by atoms with Crippen LogP contribution in [0.4, 0.5) is 0 Å². The Balaban J connectivity index is 0.000000980. The molecule has 2 heteroatoms. The summed E-state index contributed by atoms with van der Waals surface area (Å²) in [5.41, 5.74) is 2.49. The summed E-state index contributed by atoms with van der Waals surface area (Å²) in [6.45, 7) is 0. The van der Waals surface area contributed by atoms with E-state index in [9.17, 15) is 0 Å². The molecule has 1 aliphatic carbocycles. The van der Waals surface area contributed by atoms with Crippen molar-refractivity contribution in [1.82, 2.24) is 0 Å². The Labute approximate surface area is 113 Å². The van der Waals surface area contributed by atoms with Crippen molar-refractivity contribution in [3.8, 4) is 0 Å². The zero-order valence-corrected chi connectivity index (χ0v) is 10.6. The number of benzene rings is 1. The van der Waals surface area contributed by atoms with Gasteiger partial charge in [-0.15, -0.1) is 42.4 Å². The molecule has 0 aliphatic heterocycles. The largest absolute Gasteiger partial charge is 2.00 e. The van der Waals surface area contributed by atoms with Gasteiger partial charge in [0.2, 0.25) is 0 Å². The summed E-state index contributed by atoms with van der Waals surface area (Å²) in [5, 5.41) is 0. The minimum atomic E-state index is 0. The van der Waals surface area contributed by atoms with Crippen LogP contribution in [0.1, 0.15) is 5.56 Å². The maximum absolute atomic E-state index is 2.17. The summed E-state index contributed by atoms with van der Waals surface area (Å²) in [6, 6.07) is 10.3. The van der Waals surface area contributed by atoms with Gasteiger partial charge in [-0.2, -0.15) is 0 Å². The Morgan fingerprint density at radius 2 is 1.73 bits per heavy atom. The van der Waals surface area contributed by atoms with Gasteiger partial charge in [0.15, 0.2) is 0 Å². The molecular weight excluding hydrogens is 216 g/mol. The monoisotopic (exact) mass is 226 g/mol. The molecule has 0 saturated carbocycles. The molecule has 2 rings (SSSR count). The number of rotatable bonds is 1. The minimum absolute atomic E-state index is 0. The van der Waals surface area contributed by atoms with Crippen LogP contribution >= 0.6 is 0 Å². The molecule has 0 radical (unpaired) electrons. The fourth-order valence-electron chi connectivity index (χ4n) is 1.29. The molecular formula is C13H11ClMg. The zero-order chi connectivity index (χ0) is 8.93. The molecule has 0 atom stereocenters. The quantitative estimate of drug-likeness (QED) is 0.468. The molecule has 0 fully saturated rings. The van der Waals surface area contributed by atoms with Crippen LogP contribution in [0.15, 0.2) is 60.2 Å². The van der Waals surface area contributed by atoms with E-state index >= 15 is 0 Å². The standard InChI is InChI=1S/C13H11.ClH.Mg/c1-3-7-12(8-4-1)11-13-9-5-2-6-10-13;;/h1-11H;1H;/q-1;;+2/p-1. The van der Waals surface area contributed by atoms with Crippen molar-refractivity contribution >= 4 is 29.1 Å². The van der Waals surface area contributed by atoms with E-state index in [4.69, 9.17) is 0 Å². The van der Waals surface area contributed by atoms with Gasteiger partial charge in [0.25, 0.3) is 0 Å². The molecule has 0 nitrogen and oxygen atoms in total. The number of allylic oxidation sites excluding steroid dienone is 5. The molecule has 0 heterocycles. The van der Waals surface area contributed by atoms with E-state index in [-0.39, 0.29) is 35.5 Å². The third-order valence-electron chi connectivity index (χ3n) is 1.93. The van der Waals surface area contributed by atoms with Gasteiger partial charge in [0, 0.05) is 0 Å². The van der Waals surface area contributed by atoms with Crippen molar-refractivity contribution in [2.24, 2.45) is 0 Å². The van der Waals surface area contributed by atoms with Crippen LogP contribution in [0.2, 0.25) is 0 Å². The molecule has 0 N–H and O–H groups in total. The smallest absolute Gasteiger partial charge is 1.00 e. The van der Waals surface area contributed by atoms with Gasteiger partial charge in [-0.25, -0.2) is 0 Å². The number of halogens is 1. The molecule has 0 amide bonds. The summed E-state index contributed by atoms with van der Waals surface area (Å²) < 4.78 is 0. The molecule has 0 aromatic heterocycles. The maximum atomic E-state index is 2.17. The van der Waals surface area contributed by atoms with Crippen LogP contribution in [-0.2, 0) is 0 Å². The third kappa shape index (κ3) is 4.60. The van der Waals surface area contributed by atoms with Crippen LogP contribution in [0.25, 0.3) is 6.08 Å². The number of hydrogen-bond acceptors (Lipinski definition) is 0. The van der Waals surface area contributed by atoms with Gasteiger partial charge >= 0.3 is 23.1 Å². The normalized spacial score (nSPS) is 15.1. The first kappa shape index (κ1) is 14.4. The summed E-state index contributed by atoms with van der Waals surface area (Å²) in [4.78, 5) is 0. The second-order valence-corrected chi connectivity index (χ2v) is 2.97. The molecule has 0 unspecified atom stereocenters. The average Bonchev–Trinajstić information content (AvgIpc) is 2.21. The van der Waals surface area contributed by atoms with Gasteiger partial charge in [0.1, 0.15) is 0 Å². The number of hydrogen-bond donors (Lipinski definition) is 0. The minimum Gasteiger partial charge on any atom is -1.00 e. The summed E-state index contributed by atoms with van der Waals surface area (Å²) in [6.07, 6.45) is 12.5. The molecule has 1 aliphatic rings. The van der Waals surface area contributed by atoms with E-state index in [0.717, 1.165) is 0 Å². The molecule has 0 bridgehead atoms. The van der Waals surface area contributed by atoms with E-state index in [1.54, 1.807) is 0 Å². The Morgan fingerprint density at radius 1 is 1.00 bits per heavy atom. The summed E-state index contributed by atoms with van der Waals surface area (Å²) >= 11 is 0. The molecule has 0 spiro atoms. The summed E-state index contributed by atoms with van der Waals surface area (Å²) in [7, 11) is 0. The maximum Gasteiger partial charge on any atom is 2.00 e. The Morgan fingerprint density at radius 3 is 2.33 bits per heavy atom. The van der Waals surface area contributed by atoms with Crippen molar-refractivity contribution in [2.75, 3.05) is 0 Å². The van der Waals surface area contributed by atoms with Crippen LogP contribution in [0.3, 0.4) is 0 Å². The fraction of sp³-hybridized carbons (Fsp3) is 0. The first-order valence-electron chi connectivity index (χ1n) is 4.40. The van der Waals surface area contributed by atoms with Crippen molar-refractivity contribution < 1.29 is 12.4 Å². The Hall–Kier alpha value is -0.634. The van der Waals surface area contributed by atoms with Crippen LogP contribution < -0.4 is 12.4 Å². The van der Waals surface area contributed by atoms with Gasteiger partial charge in [0.05, 0.1) is 0 Å². The van der Waals surface area contributed by atoms with Crippen molar-refractivity contribution in [3.63, 3.8) is 0 Å². The Bertz CT molecular complexity index is 363. The van der Waals surface area contributed by atoms with E-state index in [2.05, 4.69) is 55.0 Å². The van der Waals surface area contributed by atoms with Crippen molar-refractivity contribution in [2.45, 2.75) is 0 Å². The molecule has 1 aromatic carbocycles. The predicted octanol–water partition coefficient (Wildman–Crippen LogP) is 0.0235. The molecule has 0 saturated heterocycles. The first-order valence-corrected chi connectivity index (χ1v) is 4.40. The summed E-state index contributed by atoms with van der Waals surface area (Å²) in [5.74, 6) is 0. The van der Waals surface area contributed by atoms with Crippen LogP contribution in [-0.4, -0.2) is 23.1 Å². The van der Waals surface area contributed by atoms with Crippen molar-refractivity contribution in [1.29, 1.82) is 0 Å². The second-order valence-electron chi connectivity index (χ2n) is 2.97. The molecule has 15 heavy (non-hydrogen) atoms. The Kier molecular flexibility index (Phi) is 7.31. The van der Waals surface area contributed by atoms with Gasteiger partial charge in [-0.1, -0.05) is 35.9 Å². The van der Waals surface area contributed by atoms with Gasteiger partial charge in [-0.05, 0) is 0 Å². The average molecular weight is 227 g/mol. The molecule has 72 valence electrons. The van der Waals surface area contributed by atoms with Crippen LogP contribution in [0.5, 0.6) is 0 Å². The second kappa shape index (κ2) is 7.63. The topological polar surface area (TPSA) is 0 Å². The van der Waals surface area contributed by atoms with E-state index in [1.165, 1.54) is 11.1 Å². The van der Waals surface area contributed by atoms with E-state index < -0.39 is 0 Å². The van der Waals surface area contributed by atoms with Gasteiger partial charge in [-0.3, -0.25) is 0 Å². The van der Waals surface area contributed by atoms with E-state index in [0.29, 0.717) is 0 Å². The first-order chi connectivity index (χ1) is 6.45. The van der Waals surface area contributed by atoms with Crippen molar-refractivity contribution in [3.05, 3.63) is 72.2 Å². The van der Waals surface area contributed by atoms with E-state index in [1.807, 2.05) is 12.1 Å². The third-order valence-corrected chi connectivity index (χ3v) is 1.93.